The second kappa shape index (κ2) is 2.80. The molecule has 14 heavy (non-hydrogen) atoms. The maximum absolute atomic E-state index is 13.2. The highest BCUT2D eigenvalue weighted by molar-refractivity contribution is 6.15. The van der Waals surface area contributed by atoms with Gasteiger partial charge in [-0.3, -0.25) is 0 Å². The van der Waals surface area contributed by atoms with Crippen LogP contribution in [0.1, 0.15) is 20.7 Å². The molecule has 1 aliphatic rings. The van der Waals surface area contributed by atoms with E-state index in [1.807, 2.05) is 0 Å². The fourth-order valence-corrected chi connectivity index (χ4v) is 1.26. The van der Waals surface area contributed by atoms with E-state index < -0.39 is 17.8 Å². The van der Waals surface area contributed by atoms with Crippen LogP contribution in [0.3, 0.4) is 0 Å². The number of hydrogen-bond donors (Lipinski definition) is 0. The number of carbonyl (C=O) groups is 2. The highest BCUT2D eigenvalue weighted by atomic mass is 19.1. The number of benzene rings is 1. The Morgan fingerprint density at radius 3 is 2.64 bits per heavy atom. The first-order chi connectivity index (χ1) is 6.63. The number of methoxy groups -OCH3 is 1. The second-order valence-corrected chi connectivity index (χ2v) is 2.71. The van der Waals surface area contributed by atoms with Crippen molar-refractivity contribution in [1.29, 1.82) is 0 Å². The lowest BCUT2D eigenvalue weighted by Crippen LogP contribution is -1.98. The molecule has 0 atom stereocenters. The lowest BCUT2D eigenvalue weighted by molar-refractivity contribution is 0.0442. The van der Waals surface area contributed by atoms with Crippen LogP contribution in [0.5, 0.6) is 5.75 Å². The Hall–Kier alpha value is -1.91. The molecule has 0 aromatic heterocycles. The standard InChI is InChI=1S/C9H5FO4/c1-13-4-2-5-7(6(10)3-4)9(12)14-8(5)11/h2-3H,1H3. The smallest absolute Gasteiger partial charge is 0.349 e. The molecular formula is C9H5FO4. The molecule has 1 heterocycles. The first-order valence-corrected chi connectivity index (χ1v) is 3.77. The Balaban J connectivity index is 2.68. The lowest BCUT2D eigenvalue weighted by Gasteiger charge is -2.00. The van der Waals surface area contributed by atoms with Crippen molar-refractivity contribution >= 4 is 11.9 Å². The van der Waals surface area contributed by atoms with Gasteiger partial charge in [0.2, 0.25) is 0 Å². The molecule has 5 heteroatoms. The van der Waals surface area contributed by atoms with Gasteiger partial charge in [0.1, 0.15) is 17.1 Å². The van der Waals surface area contributed by atoms with Gasteiger partial charge < -0.3 is 9.47 Å². The summed E-state index contributed by atoms with van der Waals surface area (Å²) in [6.45, 7) is 0. The molecule has 1 aromatic rings. The van der Waals surface area contributed by atoms with Gasteiger partial charge in [-0.2, -0.15) is 0 Å². The zero-order chi connectivity index (χ0) is 10.3. The number of esters is 2. The van der Waals surface area contributed by atoms with Crippen LogP contribution in [0, 0.1) is 5.82 Å². The van der Waals surface area contributed by atoms with Crippen molar-refractivity contribution in [3.8, 4) is 5.75 Å². The van der Waals surface area contributed by atoms with Gasteiger partial charge in [-0.15, -0.1) is 0 Å². The number of hydrogen-bond acceptors (Lipinski definition) is 4. The lowest BCUT2D eigenvalue weighted by atomic mass is 10.1. The molecule has 0 N–H and O–H groups in total. The minimum atomic E-state index is -0.954. The third-order valence-electron chi connectivity index (χ3n) is 1.91. The van der Waals surface area contributed by atoms with E-state index in [4.69, 9.17) is 4.74 Å². The van der Waals surface area contributed by atoms with E-state index in [0.29, 0.717) is 0 Å². The number of carbonyl (C=O) groups excluding carboxylic acids is 2. The van der Waals surface area contributed by atoms with Crippen LogP contribution >= 0.6 is 0 Å². The number of halogens is 1. The van der Waals surface area contributed by atoms with Gasteiger partial charge in [-0.05, 0) is 6.07 Å². The zero-order valence-electron chi connectivity index (χ0n) is 7.17. The van der Waals surface area contributed by atoms with Gasteiger partial charge in [0.15, 0.2) is 0 Å². The normalized spacial score (nSPS) is 13.9. The van der Waals surface area contributed by atoms with Crippen LogP contribution in [-0.4, -0.2) is 19.0 Å². The molecule has 0 unspecified atom stereocenters. The van der Waals surface area contributed by atoms with E-state index >= 15 is 0 Å². The molecule has 0 aliphatic carbocycles. The molecule has 0 spiro atoms. The van der Waals surface area contributed by atoms with Crippen molar-refractivity contribution in [2.24, 2.45) is 0 Å². The fourth-order valence-electron chi connectivity index (χ4n) is 1.26. The molecule has 0 bridgehead atoms. The predicted molar refractivity (Wildman–Crippen MR) is 42.7 cm³/mol. The minimum absolute atomic E-state index is 0.0909. The van der Waals surface area contributed by atoms with Gasteiger partial charge >= 0.3 is 11.9 Å². The van der Waals surface area contributed by atoms with Gasteiger partial charge in [-0.25, -0.2) is 14.0 Å². The average molecular weight is 196 g/mol. The zero-order valence-corrected chi connectivity index (χ0v) is 7.17. The van der Waals surface area contributed by atoms with E-state index in [9.17, 15) is 14.0 Å². The number of cyclic esters (lactones) is 2. The summed E-state index contributed by atoms with van der Waals surface area (Å²) >= 11 is 0. The van der Waals surface area contributed by atoms with Gasteiger partial charge in [-0.1, -0.05) is 0 Å². The second-order valence-electron chi connectivity index (χ2n) is 2.71. The molecule has 1 aromatic carbocycles. The summed E-state index contributed by atoms with van der Waals surface area (Å²) in [7, 11) is 1.34. The fraction of sp³-hybridized carbons (Fsp3) is 0.111. The molecule has 1 aliphatic heterocycles. The van der Waals surface area contributed by atoms with E-state index in [-0.39, 0.29) is 16.9 Å². The predicted octanol–water partition coefficient (Wildman–Crippen LogP) is 1.14. The molecule has 0 fully saturated rings. The molecule has 2 rings (SSSR count). The summed E-state index contributed by atoms with van der Waals surface area (Å²) in [5, 5.41) is 0. The van der Waals surface area contributed by atoms with Crippen LogP contribution in [0.4, 0.5) is 4.39 Å². The molecule has 4 nitrogen and oxygen atoms in total. The summed E-state index contributed by atoms with van der Waals surface area (Å²) in [6.07, 6.45) is 0. The van der Waals surface area contributed by atoms with Crippen LogP contribution < -0.4 is 4.74 Å². The first-order valence-electron chi connectivity index (χ1n) is 3.77. The Bertz CT molecular complexity index is 439. The van der Waals surface area contributed by atoms with Crippen molar-refractivity contribution < 1.29 is 23.5 Å². The average Bonchev–Trinajstić information content (AvgIpc) is 2.42. The van der Waals surface area contributed by atoms with E-state index in [1.54, 1.807) is 0 Å². The third kappa shape index (κ3) is 1.06. The largest absolute Gasteiger partial charge is 0.497 e. The maximum atomic E-state index is 13.2. The Labute approximate surface area is 78.2 Å². The summed E-state index contributed by atoms with van der Waals surface area (Å²) < 4.78 is 22.2. The molecule has 0 amide bonds. The molecule has 0 radical (unpaired) electrons. The molecule has 72 valence electrons. The van der Waals surface area contributed by atoms with Crippen molar-refractivity contribution in [3.05, 3.63) is 29.1 Å². The topological polar surface area (TPSA) is 52.6 Å². The van der Waals surface area contributed by atoms with Crippen molar-refractivity contribution in [3.63, 3.8) is 0 Å². The van der Waals surface area contributed by atoms with Crippen molar-refractivity contribution in [2.75, 3.05) is 7.11 Å². The van der Waals surface area contributed by atoms with Crippen LogP contribution in [0.15, 0.2) is 12.1 Å². The summed E-state index contributed by atoms with van der Waals surface area (Å²) in [5.74, 6) is -2.43. The summed E-state index contributed by atoms with van der Waals surface area (Å²) in [5.41, 5.74) is -0.414. The quantitative estimate of drug-likeness (QED) is 0.499. The third-order valence-corrected chi connectivity index (χ3v) is 1.91. The van der Waals surface area contributed by atoms with E-state index in [1.165, 1.54) is 13.2 Å². The van der Waals surface area contributed by atoms with E-state index in [0.717, 1.165) is 6.07 Å². The van der Waals surface area contributed by atoms with Gasteiger partial charge in [0, 0.05) is 6.07 Å². The molecular weight excluding hydrogens is 191 g/mol. The maximum Gasteiger partial charge on any atom is 0.349 e. The number of fused-ring (bicyclic) bond motifs is 1. The minimum Gasteiger partial charge on any atom is -0.497 e. The summed E-state index contributed by atoms with van der Waals surface area (Å²) in [4.78, 5) is 22.0. The van der Waals surface area contributed by atoms with Crippen LogP contribution in [-0.2, 0) is 4.74 Å². The molecule has 0 saturated heterocycles. The van der Waals surface area contributed by atoms with Crippen LogP contribution in [0.25, 0.3) is 0 Å². The van der Waals surface area contributed by atoms with E-state index in [2.05, 4.69) is 4.74 Å². The van der Waals surface area contributed by atoms with Gasteiger partial charge in [0.05, 0.1) is 12.7 Å². The number of rotatable bonds is 1. The highest BCUT2D eigenvalue weighted by Gasteiger charge is 2.33. The highest BCUT2D eigenvalue weighted by Crippen LogP contribution is 2.27. The van der Waals surface area contributed by atoms with Crippen molar-refractivity contribution in [2.45, 2.75) is 0 Å². The Morgan fingerprint density at radius 1 is 1.29 bits per heavy atom. The Kier molecular flexibility index (Phi) is 1.73. The SMILES string of the molecule is COc1cc(F)c2c(c1)C(=O)OC2=O. The van der Waals surface area contributed by atoms with Crippen molar-refractivity contribution in [1.82, 2.24) is 0 Å². The Morgan fingerprint density at radius 2 is 2.00 bits per heavy atom. The molecule has 0 saturated carbocycles. The van der Waals surface area contributed by atoms with Crippen LogP contribution in [0.2, 0.25) is 0 Å². The summed E-state index contributed by atoms with van der Waals surface area (Å²) in [6, 6.07) is 2.30. The number of ether oxygens (including phenoxy) is 2. The van der Waals surface area contributed by atoms with Gasteiger partial charge in [0.25, 0.3) is 0 Å². The first kappa shape index (κ1) is 8.68. The monoisotopic (exact) mass is 196 g/mol.